The predicted molar refractivity (Wildman–Crippen MR) is 72.4 cm³/mol. The van der Waals surface area contributed by atoms with E-state index in [1.54, 1.807) is 6.07 Å². The number of hydrogen-bond acceptors (Lipinski definition) is 2. The number of nitrogens with zero attached hydrogens (tertiary/aromatic N) is 2. The van der Waals surface area contributed by atoms with Crippen molar-refractivity contribution in [3.05, 3.63) is 52.6 Å². The molecule has 0 radical (unpaired) electrons. The van der Waals surface area contributed by atoms with E-state index in [1.165, 1.54) is 12.1 Å². The summed E-state index contributed by atoms with van der Waals surface area (Å²) >= 11 is 0. The summed E-state index contributed by atoms with van der Waals surface area (Å²) in [5.41, 5.74) is 3.75. The van der Waals surface area contributed by atoms with Crippen LogP contribution in [0.5, 0.6) is 0 Å². The molecular weight excluding hydrogens is 243 g/mol. The highest BCUT2D eigenvalue weighted by atomic mass is 19.1. The molecule has 19 heavy (non-hydrogen) atoms. The van der Waals surface area contributed by atoms with E-state index in [1.807, 2.05) is 24.6 Å². The van der Waals surface area contributed by atoms with Gasteiger partial charge in [-0.25, -0.2) is 4.39 Å². The SMILES string of the molecule is CCc1nn(Cc2cccc(F)c2)c(CC)c1CO. The first-order chi connectivity index (χ1) is 9.19. The Kier molecular flexibility index (Phi) is 4.32. The lowest BCUT2D eigenvalue weighted by Crippen LogP contribution is -2.07. The number of aromatic nitrogens is 2. The normalized spacial score (nSPS) is 10.9. The molecule has 0 unspecified atom stereocenters. The summed E-state index contributed by atoms with van der Waals surface area (Å²) in [5, 5.41) is 14.0. The molecule has 1 N–H and O–H groups in total. The summed E-state index contributed by atoms with van der Waals surface area (Å²) in [7, 11) is 0. The molecule has 0 atom stereocenters. The molecule has 0 spiro atoms. The van der Waals surface area contributed by atoms with Gasteiger partial charge in [0.05, 0.1) is 18.8 Å². The van der Waals surface area contributed by atoms with E-state index in [2.05, 4.69) is 5.10 Å². The molecule has 2 rings (SSSR count). The van der Waals surface area contributed by atoms with Crippen LogP contribution < -0.4 is 0 Å². The second-order valence-electron chi connectivity index (χ2n) is 4.52. The smallest absolute Gasteiger partial charge is 0.123 e. The first kappa shape index (κ1) is 13.7. The first-order valence-corrected chi connectivity index (χ1v) is 6.62. The Balaban J connectivity index is 2.37. The lowest BCUT2D eigenvalue weighted by Gasteiger charge is -2.07. The van der Waals surface area contributed by atoms with Gasteiger partial charge in [0.2, 0.25) is 0 Å². The van der Waals surface area contributed by atoms with Crippen LogP contribution in [-0.2, 0) is 26.0 Å². The molecule has 0 aliphatic rings. The molecule has 0 saturated carbocycles. The van der Waals surface area contributed by atoms with Crippen LogP contribution in [0.25, 0.3) is 0 Å². The van der Waals surface area contributed by atoms with Crippen LogP contribution >= 0.6 is 0 Å². The fourth-order valence-electron chi connectivity index (χ4n) is 2.39. The monoisotopic (exact) mass is 262 g/mol. The zero-order valence-electron chi connectivity index (χ0n) is 11.4. The Labute approximate surface area is 112 Å². The van der Waals surface area contributed by atoms with E-state index in [-0.39, 0.29) is 12.4 Å². The predicted octanol–water partition coefficient (Wildman–Crippen LogP) is 2.69. The second kappa shape index (κ2) is 5.97. The van der Waals surface area contributed by atoms with Crippen molar-refractivity contribution in [1.82, 2.24) is 9.78 Å². The Morgan fingerprint density at radius 2 is 2.05 bits per heavy atom. The van der Waals surface area contributed by atoms with Gasteiger partial charge in [-0.15, -0.1) is 0 Å². The summed E-state index contributed by atoms with van der Waals surface area (Å²) in [6, 6.07) is 6.54. The molecule has 0 aliphatic heterocycles. The van der Waals surface area contributed by atoms with Crippen LogP contribution in [0.2, 0.25) is 0 Å². The van der Waals surface area contributed by atoms with Gasteiger partial charge in [0.15, 0.2) is 0 Å². The molecule has 4 heteroatoms. The molecule has 1 heterocycles. The third-order valence-corrected chi connectivity index (χ3v) is 3.30. The molecule has 102 valence electrons. The summed E-state index contributed by atoms with van der Waals surface area (Å²) in [6.45, 7) is 4.61. The number of benzene rings is 1. The van der Waals surface area contributed by atoms with Crippen LogP contribution in [0.15, 0.2) is 24.3 Å². The van der Waals surface area contributed by atoms with Gasteiger partial charge in [-0.3, -0.25) is 4.68 Å². The maximum Gasteiger partial charge on any atom is 0.123 e. The Morgan fingerprint density at radius 3 is 2.63 bits per heavy atom. The minimum Gasteiger partial charge on any atom is -0.392 e. The van der Waals surface area contributed by atoms with Crippen molar-refractivity contribution in [3.63, 3.8) is 0 Å². The summed E-state index contributed by atoms with van der Waals surface area (Å²) in [5.74, 6) is -0.235. The number of aryl methyl sites for hydroxylation is 1. The highest BCUT2D eigenvalue weighted by Gasteiger charge is 2.14. The Bertz CT molecular complexity index is 563. The zero-order chi connectivity index (χ0) is 13.8. The van der Waals surface area contributed by atoms with Gasteiger partial charge in [0.1, 0.15) is 5.82 Å². The quantitative estimate of drug-likeness (QED) is 0.899. The fourth-order valence-corrected chi connectivity index (χ4v) is 2.39. The van der Waals surface area contributed by atoms with Crippen molar-refractivity contribution < 1.29 is 9.50 Å². The number of hydrogen-bond donors (Lipinski definition) is 1. The van der Waals surface area contributed by atoms with E-state index >= 15 is 0 Å². The van der Waals surface area contributed by atoms with Gasteiger partial charge < -0.3 is 5.11 Å². The van der Waals surface area contributed by atoms with Gasteiger partial charge in [-0.2, -0.15) is 5.10 Å². The molecule has 2 aromatic rings. The minimum atomic E-state index is -0.235. The second-order valence-corrected chi connectivity index (χ2v) is 4.52. The van der Waals surface area contributed by atoms with E-state index in [0.717, 1.165) is 35.4 Å². The number of aliphatic hydroxyl groups excluding tert-OH is 1. The van der Waals surface area contributed by atoms with E-state index in [0.29, 0.717) is 6.54 Å². The third-order valence-electron chi connectivity index (χ3n) is 3.30. The molecule has 0 fully saturated rings. The van der Waals surface area contributed by atoms with Crippen LogP contribution in [0, 0.1) is 5.82 Å². The Hall–Kier alpha value is -1.68. The number of halogens is 1. The highest BCUT2D eigenvalue weighted by molar-refractivity contribution is 5.27. The maximum absolute atomic E-state index is 13.2. The van der Waals surface area contributed by atoms with Crippen LogP contribution in [-0.4, -0.2) is 14.9 Å². The largest absolute Gasteiger partial charge is 0.392 e. The molecular formula is C15H19FN2O. The average Bonchev–Trinajstić information content (AvgIpc) is 2.75. The Morgan fingerprint density at radius 1 is 1.26 bits per heavy atom. The molecule has 0 bridgehead atoms. The maximum atomic E-state index is 13.2. The van der Waals surface area contributed by atoms with Crippen LogP contribution in [0.1, 0.15) is 36.4 Å². The van der Waals surface area contributed by atoms with Crippen LogP contribution in [0.4, 0.5) is 4.39 Å². The fraction of sp³-hybridized carbons (Fsp3) is 0.400. The average molecular weight is 262 g/mol. The minimum absolute atomic E-state index is 0.00942. The van der Waals surface area contributed by atoms with Crippen LogP contribution in [0.3, 0.4) is 0 Å². The topological polar surface area (TPSA) is 38.0 Å². The summed E-state index contributed by atoms with van der Waals surface area (Å²) in [6.07, 6.45) is 1.59. The lowest BCUT2D eigenvalue weighted by atomic mass is 10.1. The van der Waals surface area contributed by atoms with Gasteiger partial charge in [-0.05, 0) is 30.5 Å². The van der Waals surface area contributed by atoms with E-state index in [4.69, 9.17) is 0 Å². The van der Waals surface area contributed by atoms with Gasteiger partial charge in [0, 0.05) is 11.3 Å². The standard InChI is InChI=1S/C15H19FN2O/c1-3-14-13(10-19)15(4-2)18(17-14)9-11-6-5-7-12(16)8-11/h5-8,19H,3-4,9-10H2,1-2H3. The first-order valence-electron chi connectivity index (χ1n) is 6.62. The number of rotatable bonds is 5. The van der Waals surface area contributed by atoms with Crippen molar-refractivity contribution in [2.24, 2.45) is 0 Å². The van der Waals surface area contributed by atoms with Crippen molar-refractivity contribution in [3.8, 4) is 0 Å². The zero-order valence-corrected chi connectivity index (χ0v) is 11.4. The summed E-state index contributed by atoms with van der Waals surface area (Å²) < 4.78 is 15.1. The van der Waals surface area contributed by atoms with Gasteiger partial charge >= 0.3 is 0 Å². The van der Waals surface area contributed by atoms with Crippen molar-refractivity contribution in [2.45, 2.75) is 39.8 Å². The molecule has 0 saturated heterocycles. The molecule has 0 aliphatic carbocycles. The van der Waals surface area contributed by atoms with Gasteiger partial charge in [0.25, 0.3) is 0 Å². The third kappa shape index (κ3) is 2.84. The highest BCUT2D eigenvalue weighted by Crippen LogP contribution is 2.18. The van der Waals surface area contributed by atoms with Crippen molar-refractivity contribution >= 4 is 0 Å². The number of aliphatic hydroxyl groups is 1. The van der Waals surface area contributed by atoms with Crippen molar-refractivity contribution in [2.75, 3.05) is 0 Å². The van der Waals surface area contributed by atoms with Crippen molar-refractivity contribution in [1.29, 1.82) is 0 Å². The van der Waals surface area contributed by atoms with E-state index < -0.39 is 0 Å². The van der Waals surface area contributed by atoms with Gasteiger partial charge in [-0.1, -0.05) is 26.0 Å². The summed E-state index contributed by atoms with van der Waals surface area (Å²) in [4.78, 5) is 0. The lowest BCUT2D eigenvalue weighted by molar-refractivity contribution is 0.279. The molecule has 0 amide bonds. The molecule has 1 aromatic carbocycles. The van der Waals surface area contributed by atoms with E-state index in [9.17, 15) is 9.50 Å². The molecule has 1 aromatic heterocycles. The molecule has 3 nitrogen and oxygen atoms in total.